The summed E-state index contributed by atoms with van der Waals surface area (Å²) in [6, 6.07) is 13.1. The molecule has 1 nitrogen and oxygen atoms in total. The molecule has 0 atom stereocenters. The summed E-state index contributed by atoms with van der Waals surface area (Å²) < 4.78 is 0. The number of anilines is 1. The number of halogens is 2. The molecule has 1 N–H and O–H groups in total. The maximum atomic E-state index is 6.10. The fraction of sp³-hybridized carbons (Fsp3) is 0.0667. The van der Waals surface area contributed by atoms with Crippen LogP contribution in [0.2, 0.25) is 10.0 Å². The molecule has 0 aromatic heterocycles. The van der Waals surface area contributed by atoms with Gasteiger partial charge in [0.15, 0.2) is 0 Å². The highest BCUT2D eigenvalue weighted by molar-refractivity contribution is 6.36. The molecule has 0 unspecified atom stereocenters. The van der Waals surface area contributed by atoms with Crippen LogP contribution in [0.15, 0.2) is 42.5 Å². The van der Waals surface area contributed by atoms with E-state index < -0.39 is 0 Å². The summed E-state index contributed by atoms with van der Waals surface area (Å²) in [5.41, 5.74) is 2.67. The third-order valence-corrected chi connectivity index (χ3v) is 3.27. The second kappa shape index (κ2) is 5.82. The van der Waals surface area contributed by atoms with E-state index in [4.69, 9.17) is 29.6 Å². The lowest BCUT2D eigenvalue weighted by molar-refractivity contribution is 1.15. The van der Waals surface area contributed by atoms with Crippen LogP contribution in [0.4, 0.5) is 5.69 Å². The normalized spacial score (nSPS) is 9.83. The van der Waals surface area contributed by atoms with Crippen molar-refractivity contribution in [2.75, 3.05) is 5.32 Å². The number of nitrogens with one attached hydrogen (secondary N) is 1. The molecule has 0 aliphatic rings. The van der Waals surface area contributed by atoms with Crippen LogP contribution in [-0.4, -0.2) is 0 Å². The smallest absolute Gasteiger partial charge is 0.0470 e. The lowest BCUT2D eigenvalue weighted by atomic mass is 10.2. The Kier molecular flexibility index (Phi) is 4.15. The van der Waals surface area contributed by atoms with Crippen molar-refractivity contribution in [2.24, 2.45) is 0 Å². The van der Waals surface area contributed by atoms with Gasteiger partial charge in [0, 0.05) is 33.4 Å². The highest BCUT2D eigenvalue weighted by Crippen LogP contribution is 2.25. The van der Waals surface area contributed by atoms with E-state index in [9.17, 15) is 0 Å². The zero-order chi connectivity index (χ0) is 13.0. The van der Waals surface area contributed by atoms with Crippen molar-refractivity contribution in [1.29, 1.82) is 0 Å². The van der Waals surface area contributed by atoms with Crippen molar-refractivity contribution in [3.05, 3.63) is 63.6 Å². The molecule has 2 rings (SSSR count). The molecule has 3 heteroatoms. The molecule has 0 bridgehead atoms. The van der Waals surface area contributed by atoms with Gasteiger partial charge >= 0.3 is 0 Å². The van der Waals surface area contributed by atoms with Crippen LogP contribution >= 0.6 is 23.2 Å². The van der Waals surface area contributed by atoms with E-state index in [1.165, 1.54) is 0 Å². The Hall–Kier alpha value is -1.62. The monoisotopic (exact) mass is 275 g/mol. The van der Waals surface area contributed by atoms with Crippen LogP contribution in [0.3, 0.4) is 0 Å². The second-order valence-electron chi connectivity index (χ2n) is 3.78. The van der Waals surface area contributed by atoms with E-state index in [2.05, 4.69) is 11.2 Å². The van der Waals surface area contributed by atoms with Crippen LogP contribution in [0.25, 0.3) is 0 Å². The molecule has 0 saturated carbocycles. The highest BCUT2D eigenvalue weighted by atomic mass is 35.5. The van der Waals surface area contributed by atoms with Gasteiger partial charge in [-0.25, -0.2) is 0 Å². The van der Waals surface area contributed by atoms with Crippen LogP contribution in [0.5, 0.6) is 0 Å². The van der Waals surface area contributed by atoms with Gasteiger partial charge in [-0.15, -0.1) is 6.42 Å². The number of hydrogen-bond acceptors (Lipinski definition) is 1. The van der Waals surface area contributed by atoms with E-state index in [1.807, 2.05) is 42.5 Å². The van der Waals surface area contributed by atoms with E-state index in [0.717, 1.165) is 16.8 Å². The fourth-order valence-corrected chi connectivity index (χ4v) is 2.14. The maximum absolute atomic E-state index is 6.10. The molecular formula is C15H11Cl2N. The largest absolute Gasteiger partial charge is 0.381 e. The Bertz CT molecular complexity index is 579. The number of benzene rings is 2. The number of rotatable bonds is 3. The van der Waals surface area contributed by atoms with Crippen molar-refractivity contribution >= 4 is 28.9 Å². The van der Waals surface area contributed by atoms with Crippen molar-refractivity contribution in [3.63, 3.8) is 0 Å². The highest BCUT2D eigenvalue weighted by Gasteiger charge is 2.04. The molecule has 2 aromatic carbocycles. The Balaban J connectivity index is 2.14. The first-order valence-electron chi connectivity index (χ1n) is 5.44. The molecule has 90 valence electrons. The van der Waals surface area contributed by atoms with E-state index in [1.54, 1.807) is 0 Å². The molecule has 0 aliphatic carbocycles. The zero-order valence-corrected chi connectivity index (χ0v) is 11.1. The van der Waals surface area contributed by atoms with Gasteiger partial charge in [0.2, 0.25) is 0 Å². The predicted molar refractivity (Wildman–Crippen MR) is 78.2 cm³/mol. The Morgan fingerprint density at radius 1 is 1.06 bits per heavy atom. The first-order valence-corrected chi connectivity index (χ1v) is 6.20. The van der Waals surface area contributed by atoms with Crippen molar-refractivity contribution in [1.82, 2.24) is 0 Å². The summed E-state index contributed by atoms with van der Waals surface area (Å²) in [5.74, 6) is 2.60. The van der Waals surface area contributed by atoms with Crippen LogP contribution < -0.4 is 5.32 Å². The fourth-order valence-electron chi connectivity index (χ4n) is 1.61. The van der Waals surface area contributed by atoms with Crippen molar-refractivity contribution in [3.8, 4) is 12.3 Å². The summed E-state index contributed by atoms with van der Waals surface area (Å²) in [5, 5.41) is 4.56. The Morgan fingerprint density at radius 3 is 2.39 bits per heavy atom. The number of terminal acetylenes is 1. The minimum atomic E-state index is 0.562. The first kappa shape index (κ1) is 12.8. The van der Waals surface area contributed by atoms with Crippen molar-refractivity contribution in [2.45, 2.75) is 6.54 Å². The molecule has 18 heavy (non-hydrogen) atoms. The summed E-state index contributed by atoms with van der Waals surface area (Å²) in [6.45, 7) is 0.562. The molecular weight excluding hydrogens is 265 g/mol. The predicted octanol–water partition coefficient (Wildman–Crippen LogP) is 4.59. The van der Waals surface area contributed by atoms with Gasteiger partial charge in [0.1, 0.15) is 0 Å². The summed E-state index contributed by atoms with van der Waals surface area (Å²) in [4.78, 5) is 0. The second-order valence-corrected chi connectivity index (χ2v) is 4.59. The topological polar surface area (TPSA) is 12.0 Å². The van der Waals surface area contributed by atoms with Gasteiger partial charge < -0.3 is 5.32 Å². The third kappa shape index (κ3) is 2.98. The Morgan fingerprint density at radius 2 is 1.72 bits per heavy atom. The quantitative estimate of drug-likeness (QED) is 0.809. The van der Waals surface area contributed by atoms with Crippen LogP contribution in [0.1, 0.15) is 11.1 Å². The molecule has 2 aromatic rings. The SMILES string of the molecule is C#Cc1cccc(NCc2c(Cl)cccc2Cl)c1. The average Bonchev–Trinajstić information content (AvgIpc) is 2.38. The minimum Gasteiger partial charge on any atom is -0.381 e. The molecule has 0 spiro atoms. The minimum absolute atomic E-state index is 0.562. The molecule has 0 saturated heterocycles. The van der Waals surface area contributed by atoms with E-state index >= 15 is 0 Å². The maximum Gasteiger partial charge on any atom is 0.0470 e. The molecule has 0 fully saturated rings. The number of hydrogen-bond donors (Lipinski definition) is 1. The molecule has 0 amide bonds. The first-order chi connectivity index (χ1) is 8.70. The van der Waals surface area contributed by atoms with Gasteiger partial charge in [-0.2, -0.15) is 0 Å². The van der Waals surface area contributed by atoms with Gasteiger partial charge in [0.25, 0.3) is 0 Å². The molecule has 0 aliphatic heterocycles. The Labute approximate surface area is 117 Å². The van der Waals surface area contributed by atoms with Gasteiger partial charge in [0.05, 0.1) is 0 Å². The van der Waals surface area contributed by atoms with Gasteiger partial charge in [-0.3, -0.25) is 0 Å². The van der Waals surface area contributed by atoms with Crippen molar-refractivity contribution < 1.29 is 0 Å². The summed E-state index contributed by atoms with van der Waals surface area (Å²) >= 11 is 12.2. The van der Waals surface area contributed by atoms with E-state index in [0.29, 0.717) is 16.6 Å². The summed E-state index contributed by atoms with van der Waals surface area (Å²) in [7, 11) is 0. The standard InChI is InChI=1S/C15H11Cl2N/c1-2-11-5-3-6-12(9-11)18-10-13-14(16)7-4-8-15(13)17/h1,3-9,18H,10H2. The zero-order valence-electron chi connectivity index (χ0n) is 9.58. The van der Waals surface area contributed by atoms with Gasteiger partial charge in [-0.1, -0.05) is 41.3 Å². The van der Waals surface area contributed by atoms with Gasteiger partial charge in [-0.05, 0) is 30.3 Å². The third-order valence-electron chi connectivity index (χ3n) is 2.56. The van der Waals surface area contributed by atoms with Crippen LogP contribution in [-0.2, 0) is 6.54 Å². The lowest BCUT2D eigenvalue weighted by Crippen LogP contribution is -2.01. The lowest BCUT2D eigenvalue weighted by Gasteiger charge is -2.10. The molecule has 0 heterocycles. The summed E-state index contributed by atoms with van der Waals surface area (Å²) in [6.07, 6.45) is 5.35. The van der Waals surface area contributed by atoms with E-state index in [-0.39, 0.29) is 0 Å². The molecule has 0 radical (unpaired) electrons. The van der Waals surface area contributed by atoms with Crippen LogP contribution in [0, 0.1) is 12.3 Å². The average molecular weight is 276 g/mol.